The number of hydrogen-bond acceptors (Lipinski definition) is 3. The van der Waals surface area contributed by atoms with Gasteiger partial charge >= 0.3 is 5.97 Å². The molecule has 0 heterocycles. The van der Waals surface area contributed by atoms with Crippen LogP contribution in [0.15, 0.2) is 40.9 Å². The van der Waals surface area contributed by atoms with Crippen molar-refractivity contribution in [1.82, 2.24) is 5.32 Å². The molecule has 0 aliphatic carbocycles. The number of allylic oxidation sites excluding steroid dienone is 1. The third-order valence-electron chi connectivity index (χ3n) is 2.15. The molecule has 0 fully saturated rings. The van der Waals surface area contributed by atoms with Crippen molar-refractivity contribution in [3.63, 3.8) is 0 Å². The SMILES string of the molecule is CS/C(C)=C(/NC(=O)c1ccccc1)C(=O)O. The van der Waals surface area contributed by atoms with Gasteiger partial charge in [-0.05, 0) is 25.3 Å². The van der Waals surface area contributed by atoms with E-state index in [9.17, 15) is 9.59 Å². The fourth-order valence-electron chi connectivity index (χ4n) is 1.17. The first-order chi connectivity index (χ1) is 8.06. The Bertz CT molecular complexity index is 454. The van der Waals surface area contributed by atoms with Crippen LogP contribution in [-0.2, 0) is 4.79 Å². The Hall–Kier alpha value is -1.75. The zero-order chi connectivity index (χ0) is 12.8. The zero-order valence-electron chi connectivity index (χ0n) is 9.56. The average Bonchev–Trinajstić information content (AvgIpc) is 2.35. The molecule has 0 aliphatic rings. The maximum Gasteiger partial charge on any atom is 0.353 e. The van der Waals surface area contributed by atoms with Gasteiger partial charge in [-0.1, -0.05) is 18.2 Å². The molecular formula is C12H13NO3S. The fraction of sp³-hybridized carbons (Fsp3) is 0.167. The fourth-order valence-corrected chi connectivity index (χ4v) is 1.51. The van der Waals surface area contributed by atoms with E-state index < -0.39 is 11.9 Å². The molecule has 1 amide bonds. The van der Waals surface area contributed by atoms with Gasteiger partial charge in [0.25, 0.3) is 5.91 Å². The number of rotatable bonds is 4. The Morgan fingerprint density at radius 1 is 1.24 bits per heavy atom. The molecule has 0 unspecified atom stereocenters. The van der Waals surface area contributed by atoms with E-state index in [1.807, 2.05) is 0 Å². The van der Waals surface area contributed by atoms with E-state index in [1.165, 1.54) is 11.8 Å². The molecule has 0 aromatic heterocycles. The van der Waals surface area contributed by atoms with Gasteiger partial charge in [0, 0.05) is 10.5 Å². The van der Waals surface area contributed by atoms with Gasteiger partial charge in [0.2, 0.25) is 0 Å². The molecule has 0 radical (unpaired) electrons. The van der Waals surface area contributed by atoms with Crippen LogP contribution in [0.3, 0.4) is 0 Å². The molecule has 1 rings (SSSR count). The predicted octanol–water partition coefficient (Wildman–Crippen LogP) is 2.10. The molecule has 0 bridgehead atoms. The van der Waals surface area contributed by atoms with Crippen LogP contribution in [0.2, 0.25) is 0 Å². The Morgan fingerprint density at radius 2 is 1.82 bits per heavy atom. The highest BCUT2D eigenvalue weighted by Gasteiger charge is 2.15. The van der Waals surface area contributed by atoms with Gasteiger partial charge in [-0.3, -0.25) is 4.79 Å². The number of aliphatic carboxylic acids is 1. The molecule has 1 aromatic rings. The van der Waals surface area contributed by atoms with Gasteiger partial charge in [-0.15, -0.1) is 11.8 Å². The lowest BCUT2D eigenvalue weighted by Crippen LogP contribution is -2.28. The summed E-state index contributed by atoms with van der Waals surface area (Å²) in [5.41, 5.74) is 0.353. The summed E-state index contributed by atoms with van der Waals surface area (Å²) in [5, 5.41) is 11.4. The highest BCUT2D eigenvalue weighted by molar-refractivity contribution is 8.02. The van der Waals surface area contributed by atoms with Gasteiger partial charge in [-0.2, -0.15) is 0 Å². The molecule has 5 heteroatoms. The van der Waals surface area contributed by atoms with Crippen molar-refractivity contribution in [2.24, 2.45) is 0 Å². The van der Waals surface area contributed by atoms with Crippen molar-refractivity contribution in [3.8, 4) is 0 Å². The molecule has 0 aliphatic heterocycles. The maximum atomic E-state index is 11.8. The maximum absolute atomic E-state index is 11.8. The van der Waals surface area contributed by atoms with Crippen LogP contribution in [0.4, 0.5) is 0 Å². The monoisotopic (exact) mass is 251 g/mol. The minimum atomic E-state index is -1.14. The molecule has 4 nitrogen and oxygen atoms in total. The summed E-state index contributed by atoms with van der Waals surface area (Å²) in [6, 6.07) is 8.49. The molecule has 2 N–H and O–H groups in total. The summed E-state index contributed by atoms with van der Waals surface area (Å²) < 4.78 is 0. The lowest BCUT2D eigenvalue weighted by molar-refractivity contribution is -0.133. The third kappa shape index (κ3) is 3.64. The highest BCUT2D eigenvalue weighted by atomic mass is 32.2. The third-order valence-corrected chi connectivity index (χ3v) is 2.96. The van der Waals surface area contributed by atoms with E-state index in [2.05, 4.69) is 5.32 Å². The predicted molar refractivity (Wildman–Crippen MR) is 67.8 cm³/mol. The normalized spacial score (nSPS) is 11.6. The number of benzene rings is 1. The standard InChI is InChI=1S/C12H13NO3S/c1-8(17-2)10(12(15)16)13-11(14)9-6-4-3-5-7-9/h3-7H,1-2H3,(H,13,14)(H,15,16)/b10-8+. The lowest BCUT2D eigenvalue weighted by atomic mass is 10.2. The molecule has 17 heavy (non-hydrogen) atoms. The lowest BCUT2D eigenvalue weighted by Gasteiger charge is -2.08. The van der Waals surface area contributed by atoms with Crippen LogP contribution in [0.1, 0.15) is 17.3 Å². The van der Waals surface area contributed by atoms with Crippen molar-refractivity contribution in [3.05, 3.63) is 46.5 Å². The smallest absolute Gasteiger partial charge is 0.353 e. The first-order valence-electron chi connectivity index (χ1n) is 4.90. The van der Waals surface area contributed by atoms with E-state index >= 15 is 0 Å². The van der Waals surface area contributed by atoms with Gasteiger partial charge in [0.05, 0.1) is 0 Å². The van der Waals surface area contributed by atoms with Gasteiger partial charge in [0.1, 0.15) is 5.70 Å². The van der Waals surface area contributed by atoms with E-state index in [-0.39, 0.29) is 5.70 Å². The zero-order valence-corrected chi connectivity index (χ0v) is 10.4. The second-order valence-corrected chi connectivity index (χ2v) is 4.28. The molecule has 0 atom stereocenters. The summed E-state index contributed by atoms with van der Waals surface area (Å²) in [7, 11) is 0. The molecule has 1 aromatic carbocycles. The summed E-state index contributed by atoms with van der Waals surface area (Å²) in [5.74, 6) is -1.56. The summed E-state index contributed by atoms with van der Waals surface area (Å²) in [4.78, 5) is 23.3. The van der Waals surface area contributed by atoms with Crippen molar-refractivity contribution in [1.29, 1.82) is 0 Å². The Balaban J connectivity index is 2.91. The first kappa shape index (κ1) is 13.3. The second-order valence-electron chi connectivity index (χ2n) is 3.26. The van der Waals surface area contributed by atoms with E-state index in [0.29, 0.717) is 10.5 Å². The van der Waals surface area contributed by atoms with Crippen molar-refractivity contribution in [2.75, 3.05) is 6.26 Å². The van der Waals surface area contributed by atoms with Crippen LogP contribution in [0.5, 0.6) is 0 Å². The minimum absolute atomic E-state index is 0.0775. The number of carbonyl (C=O) groups is 2. The van der Waals surface area contributed by atoms with Crippen LogP contribution >= 0.6 is 11.8 Å². The molecule has 0 saturated heterocycles. The van der Waals surface area contributed by atoms with Crippen LogP contribution in [0.25, 0.3) is 0 Å². The first-order valence-corrected chi connectivity index (χ1v) is 6.13. The molecule has 0 saturated carbocycles. The summed E-state index contributed by atoms with van der Waals surface area (Å²) in [6.45, 7) is 1.65. The number of hydrogen-bond donors (Lipinski definition) is 2. The summed E-state index contributed by atoms with van der Waals surface area (Å²) >= 11 is 1.28. The van der Waals surface area contributed by atoms with E-state index in [4.69, 9.17) is 5.11 Å². The van der Waals surface area contributed by atoms with E-state index in [1.54, 1.807) is 43.5 Å². The van der Waals surface area contributed by atoms with E-state index in [0.717, 1.165) is 0 Å². The number of carboxylic acids is 1. The Labute approximate surface area is 104 Å². The van der Waals surface area contributed by atoms with Crippen molar-refractivity contribution in [2.45, 2.75) is 6.92 Å². The molecule has 0 spiro atoms. The molecular weight excluding hydrogens is 238 g/mol. The van der Waals surface area contributed by atoms with Crippen LogP contribution < -0.4 is 5.32 Å². The van der Waals surface area contributed by atoms with Crippen molar-refractivity contribution >= 4 is 23.6 Å². The van der Waals surface area contributed by atoms with Gasteiger partial charge in [0.15, 0.2) is 0 Å². The van der Waals surface area contributed by atoms with Crippen LogP contribution in [0, 0.1) is 0 Å². The average molecular weight is 251 g/mol. The number of carboxylic acid groups (broad SMARTS) is 1. The largest absolute Gasteiger partial charge is 0.477 e. The van der Waals surface area contributed by atoms with Crippen LogP contribution in [-0.4, -0.2) is 23.2 Å². The van der Waals surface area contributed by atoms with Gasteiger partial charge < -0.3 is 10.4 Å². The van der Waals surface area contributed by atoms with Crippen molar-refractivity contribution < 1.29 is 14.7 Å². The highest BCUT2D eigenvalue weighted by Crippen LogP contribution is 2.14. The number of thioether (sulfide) groups is 1. The molecule has 90 valence electrons. The van der Waals surface area contributed by atoms with Gasteiger partial charge in [-0.25, -0.2) is 4.79 Å². The Kier molecular flexibility index (Phi) is 4.78. The quantitative estimate of drug-likeness (QED) is 0.804. The number of carbonyl (C=O) groups excluding carboxylic acids is 1. The minimum Gasteiger partial charge on any atom is -0.477 e. The Morgan fingerprint density at radius 3 is 2.29 bits per heavy atom. The topological polar surface area (TPSA) is 66.4 Å². The second kappa shape index (κ2) is 6.10. The number of amides is 1. The summed E-state index contributed by atoms with van der Waals surface area (Å²) in [6.07, 6.45) is 1.76. The number of nitrogens with one attached hydrogen (secondary N) is 1.